The maximum Gasteiger partial charge on any atom is 0.255 e. The van der Waals surface area contributed by atoms with Crippen LogP contribution in [0.3, 0.4) is 0 Å². The molecule has 3 aromatic carbocycles. The summed E-state index contributed by atoms with van der Waals surface area (Å²) in [5.41, 5.74) is 2.20. The number of imidazole rings is 1. The van der Waals surface area contributed by atoms with Crippen molar-refractivity contribution in [1.29, 1.82) is 0 Å². The minimum Gasteiger partial charge on any atom is -0.493 e. The first-order chi connectivity index (χ1) is 14.2. The van der Waals surface area contributed by atoms with E-state index in [9.17, 15) is 4.79 Å². The molecule has 1 amide bonds. The van der Waals surface area contributed by atoms with E-state index in [1.165, 1.54) is 0 Å². The van der Waals surface area contributed by atoms with Gasteiger partial charge in [0, 0.05) is 29.3 Å². The summed E-state index contributed by atoms with van der Waals surface area (Å²) in [6.07, 6.45) is 5.27. The van der Waals surface area contributed by atoms with Crippen molar-refractivity contribution in [1.82, 2.24) is 9.55 Å². The number of carbonyl (C=O) groups is 1. The zero-order valence-corrected chi connectivity index (χ0v) is 15.8. The normalized spacial score (nSPS) is 10.4. The minimum absolute atomic E-state index is 0.180. The van der Waals surface area contributed by atoms with Gasteiger partial charge in [-0.05, 0) is 60.7 Å². The number of anilines is 1. The largest absolute Gasteiger partial charge is 0.493 e. The molecule has 0 spiro atoms. The lowest BCUT2D eigenvalue weighted by molar-refractivity contribution is 0.102. The number of methoxy groups -OCH3 is 1. The van der Waals surface area contributed by atoms with E-state index in [2.05, 4.69) is 10.3 Å². The molecule has 0 saturated carbocycles. The molecule has 1 heterocycles. The third kappa shape index (κ3) is 4.27. The molecule has 0 aliphatic heterocycles. The van der Waals surface area contributed by atoms with Gasteiger partial charge < -0.3 is 19.4 Å². The first kappa shape index (κ1) is 18.3. The molecule has 0 atom stereocenters. The van der Waals surface area contributed by atoms with Crippen LogP contribution in [-0.4, -0.2) is 22.6 Å². The first-order valence-electron chi connectivity index (χ1n) is 9.03. The Morgan fingerprint density at radius 3 is 2.31 bits per heavy atom. The molecule has 4 aromatic rings. The van der Waals surface area contributed by atoms with E-state index < -0.39 is 0 Å². The first-order valence-corrected chi connectivity index (χ1v) is 9.03. The Balaban J connectivity index is 1.41. The van der Waals surface area contributed by atoms with Crippen LogP contribution in [0.2, 0.25) is 0 Å². The number of ether oxygens (including phenoxy) is 2. The highest BCUT2D eigenvalue weighted by Gasteiger charge is 2.08. The molecule has 0 saturated heterocycles. The average Bonchev–Trinajstić information content (AvgIpc) is 3.30. The van der Waals surface area contributed by atoms with Crippen molar-refractivity contribution in [2.75, 3.05) is 12.4 Å². The third-order valence-electron chi connectivity index (χ3n) is 4.34. The van der Waals surface area contributed by atoms with Crippen molar-refractivity contribution in [3.8, 4) is 22.9 Å². The van der Waals surface area contributed by atoms with Crippen molar-refractivity contribution in [3.05, 3.63) is 97.1 Å². The number of benzene rings is 3. The smallest absolute Gasteiger partial charge is 0.255 e. The van der Waals surface area contributed by atoms with E-state index in [0.717, 1.165) is 5.69 Å². The van der Waals surface area contributed by atoms with Gasteiger partial charge in [0.15, 0.2) is 11.5 Å². The number of rotatable bonds is 6. The standard InChI is InChI=1S/C23H19N3O3/c1-28-21-4-2-3-5-22(21)29-20-12-8-18(9-13-20)25-23(27)17-6-10-19(11-7-17)26-15-14-24-16-26/h2-16H,1H3,(H,25,27). The Morgan fingerprint density at radius 2 is 1.66 bits per heavy atom. The van der Waals surface area contributed by atoms with Gasteiger partial charge in [0.1, 0.15) is 5.75 Å². The van der Waals surface area contributed by atoms with Crippen molar-refractivity contribution in [2.45, 2.75) is 0 Å². The van der Waals surface area contributed by atoms with Crippen LogP contribution in [0.1, 0.15) is 10.4 Å². The fraction of sp³-hybridized carbons (Fsp3) is 0.0435. The Hall–Kier alpha value is -4.06. The van der Waals surface area contributed by atoms with E-state index in [1.807, 2.05) is 47.2 Å². The van der Waals surface area contributed by atoms with Crippen molar-refractivity contribution >= 4 is 11.6 Å². The van der Waals surface area contributed by atoms with Crippen LogP contribution in [-0.2, 0) is 0 Å². The Bertz CT molecular complexity index is 1090. The second-order valence-corrected chi connectivity index (χ2v) is 6.25. The number of para-hydroxylation sites is 2. The highest BCUT2D eigenvalue weighted by Crippen LogP contribution is 2.31. The Labute approximate surface area is 168 Å². The van der Waals surface area contributed by atoms with E-state index >= 15 is 0 Å². The predicted octanol–water partition coefficient (Wildman–Crippen LogP) is 4.93. The Kier molecular flexibility index (Phi) is 5.25. The number of aromatic nitrogens is 2. The number of hydrogen-bond acceptors (Lipinski definition) is 4. The van der Waals surface area contributed by atoms with E-state index in [0.29, 0.717) is 28.5 Å². The molecule has 0 aliphatic carbocycles. The molecule has 6 nitrogen and oxygen atoms in total. The van der Waals surface area contributed by atoms with Gasteiger partial charge in [0.2, 0.25) is 0 Å². The zero-order chi connectivity index (χ0) is 20.1. The van der Waals surface area contributed by atoms with Gasteiger partial charge >= 0.3 is 0 Å². The minimum atomic E-state index is -0.180. The second-order valence-electron chi connectivity index (χ2n) is 6.25. The van der Waals surface area contributed by atoms with Gasteiger partial charge in [-0.15, -0.1) is 0 Å². The average molecular weight is 385 g/mol. The number of nitrogens with zero attached hydrogens (tertiary/aromatic N) is 2. The van der Waals surface area contributed by atoms with Gasteiger partial charge in [0.25, 0.3) is 5.91 Å². The number of hydrogen-bond donors (Lipinski definition) is 1. The molecule has 0 bridgehead atoms. The van der Waals surface area contributed by atoms with Crippen LogP contribution in [0.15, 0.2) is 91.5 Å². The molecule has 144 valence electrons. The summed E-state index contributed by atoms with van der Waals surface area (Å²) in [6, 6.07) is 21.9. The summed E-state index contributed by atoms with van der Waals surface area (Å²) in [7, 11) is 1.60. The molecular formula is C23H19N3O3. The summed E-state index contributed by atoms with van der Waals surface area (Å²) >= 11 is 0. The van der Waals surface area contributed by atoms with Crippen LogP contribution in [0.25, 0.3) is 5.69 Å². The van der Waals surface area contributed by atoms with Crippen LogP contribution >= 0.6 is 0 Å². The van der Waals surface area contributed by atoms with Gasteiger partial charge in [-0.1, -0.05) is 12.1 Å². The highest BCUT2D eigenvalue weighted by molar-refractivity contribution is 6.04. The van der Waals surface area contributed by atoms with Crippen LogP contribution < -0.4 is 14.8 Å². The molecule has 4 rings (SSSR count). The summed E-state index contributed by atoms with van der Waals surface area (Å²) in [5.74, 6) is 1.76. The fourth-order valence-electron chi connectivity index (χ4n) is 2.84. The number of carbonyl (C=O) groups excluding carboxylic acids is 1. The molecule has 1 N–H and O–H groups in total. The van der Waals surface area contributed by atoms with Crippen molar-refractivity contribution < 1.29 is 14.3 Å². The molecule has 0 aliphatic rings. The monoisotopic (exact) mass is 385 g/mol. The topological polar surface area (TPSA) is 65.4 Å². The molecule has 29 heavy (non-hydrogen) atoms. The summed E-state index contributed by atoms with van der Waals surface area (Å²) in [4.78, 5) is 16.5. The fourth-order valence-corrected chi connectivity index (χ4v) is 2.84. The molecule has 6 heteroatoms. The molecule has 0 fully saturated rings. The van der Waals surface area contributed by atoms with Gasteiger partial charge in [0.05, 0.1) is 13.4 Å². The lowest BCUT2D eigenvalue weighted by atomic mass is 10.2. The van der Waals surface area contributed by atoms with Crippen LogP contribution in [0, 0.1) is 0 Å². The lowest BCUT2D eigenvalue weighted by Gasteiger charge is -2.11. The number of amides is 1. The quantitative estimate of drug-likeness (QED) is 0.511. The summed E-state index contributed by atoms with van der Waals surface area (Å²) in [5, 5.41) is 2.89. The van der Waals surface area contributed by atoms with E-state index in [-0.39, 0.29) is 5.91 Å². The van der Waals surface area contributed by atoms with E-state index in [1.54, 1.807) is 56.0 Å². The lowest BCUT2D eigenvalue weighted by Crippen LogP contribution is -2.11. The third-order valence-corrected chi connectivity index (χ3v) is 4.34. The van der Waals surface area contributed by atoms with Gasteiger partial charge in [-0.3, -0.25) is 4.79 Å². The van der Waals surface area contributed by atoms with Crippen molar-refractivity contribution in [3.63, 3.8) is 0 Å². The summed E-state index contributed by atoms with van der Waals surface area (Å²) < 4.78 is 13.0. The van der Waals surface area contributed by atoms with E-state index in [4.69, 9.17) is 9.47 Å². The van der Waals surface area contributed by atoms with Crippen molar-refractivity contribution in [2.24, 2.45) is 0 Å². The SMILES string of the molecule is COc1ccccc1Oc1ccc(NC(=O)c2ccc(-n3ccnc3)cc2)cc1. The van der Waals surface area contributed by atoms with Gasteiger partial charge in [-0.25, -0.2) is 4.98 Å². The van der Waals surface area contributed by atoms with Crippen LogP contribution in [0.4, 0.5) is 5.69 Å². The maximum atomic E-state index is 12.5. The maximum absolute atomic E-state index is 12.5. The predicted molar refractivity (Wildman–Crippen MR) is 111 cm³/mol. The Morgan fingerprint density at radius 1 is 0.931 bits per heavy atom. The molecule has 1 aromatic heterocycles. The second kappa shape index (κ2) is 8.31. The summed E-state index contributed by atoms with van der Waals surface area (Å²) in [6.45, 7) is 0. The molecule has 0 radical (unpaired) electrons. The zero-order valence-electron chi connectivity index (χ0n) is 15.8. The van der Waals surface area contributed by atoms with Gasteiger partial charge in [-0.2, -0.15) is 0 Å². The molecular weight excluding hydrogens is 366 g/mol. The molecule has 0 unspecified atom stereocenters. The number of nitrogens with one attached hydrogen (secondary N) is 1. The van der Waals surface area contributed by atoms with Crippen LogP contribution in [0.5, 0.6) is 17.2 Å². The highest BCUT2D eigenvalue weighted by atomic mass is 16.5.